The lowest BCUT2D eigenvalue weighted by Crippen LogP contribution is -2.41. The maximum absolute atomic E-state index is 12.5. The number of carbonyl (C=O) groups is 1. The maximum Gasteiger partial charge on any atom is 0.257 e. The molecule has 2 aliphatic rings. The molecule has 1 atom stereocenters. The fourth-order valence-electron chi connectivity index (χ4n) is 3.99. The van der Waals surface area contributed by atoms with Gasteiger partial charge in [-0.1, -0.05) is 18.2 Å². The van der Waals surface area contributed by atoms with Gasteiger partial charge in [0.1, 0.15) is 6.26 Å². The number of hydrogen-bond acceptors (Lipinski definition) is 4. The van der Waals surface area contributed by atoms with Crippen LogP contribution in [0.2, 0.25) is 0 Å². The van der Waals surface area contributed by atoms with E-state index < -0.39 is 0 Å². The predicted molar refractivity (Wildman–Crippen MR) is 97.9 cm³/mol. The third-order valence-corrected chi connectivity index (χ3v) is 5.39. The third-order valence-electron chi connectivity index (χ3n) is 5.39. The van der Waals surface area contributed by atoms with Crippen molar-refractivity contribution in [2.75, 3.05) is 44.2 Å². The SMILES string of the molecule is O=C(c1ccoc1)N1CCCN(C2CCN(c3ccccc3)C2)CC1. The Bertz CT molecular complexity index is 686. The Kier molecular flexibility index (Phi) is 4.74. The Hall–Kier alpha value is -2.27. The van der Waals surface area contributed by atoms with Crippen LogP contribution in [0.1, 0.15) is 23.2 Å². The van der Waals surface area contributed by atoms with E-state index in [9.17, 15) is 4.79 Å². The molecule has 2 aromatic rings. The van der Waals surface area contributed by atoms with Crippen molar-refractivity contribution in [1.82, 2.24) is 9.80 Å². The number of para-hydroxylation sites is 1. The molecule has 0 saturated carbocycles. The second-order valence-corrected chi connectivity index (χ2v) is 6.92. The first-order valence-electron chi connectivity index (χ1n) is 9.17. The molecule has 1 amide bonds. The summed E-state index contributed by atoms with van der Waals surface area (Å²) in [6.07, 6.45) is 5.34. The molecule has 0 aliphatic carbocycles. The molecule has 25 heavy (non-hydrogen) atoms. The molecule has 1 aromatic carbocycles. The number of anilines is 1. The van der Waals surface area contributed by atoms with Gasteiger partial charge in [-0.15, -0.1) is 0 Å². The van der Waals surface area contributed by atoms with E-state index in [1.54, 1.807) is 18.6 Å². The van der Waals surface area contributed by atoms with Crippen LogP contribution < -0.4 is 4.90 Å². The van der Waals surface area contributed by atoms with Gasteiger partial charge >= 0.3 is 0 Å². The highest BCUT2D eigenvalue weighted by molar-refractivity contribution is 5.93. The zero-order chi connectivity index (χ0) is 17.1. The highest BCUT2D eigenvalue weighted by Gasteiger charge is 2.30. The molecule has 5 nitrogen and oxygen atoms in total. The van der Waals surface area contributed by atoms with E-state index in [0.29, 0.717) is 11.6 Å². The molecule has 132 valence electrons. The largest absolute Gasteiger partial charge is 0.472 e. The maximum atomic E-state index is 12.5. The van der Waals surface area contributed by atoms with Crippen LogP contribution >= 0.6 is 0 Å². The average molecular weight is 339 g/mol. The van der Waals surface area contributed by atoms with E-state index in [1.165, 1.54) is 12.1 Å². The molecule has 2 aliphatic heterocycles. The molecular formula is C20H25N3O2. The van der Waals surface area contributed by atoms with Gasteiger partial charge in [0.2, 0.25) is 0 Å². The fraction of sp³-hybridized carbons (Fsp3) is 0.450. The fourth-order valence-corrected chi connectivity index (χ4v) is 3.99. The Balaban J connectivity index is 1.35. The molecule has 1 unspecified atom stereocenters. The van der Waals surface area contributed by atoms with Gasteiger partial charge in [0, 0.05) is 51.0 Å². The molecule has 3 heterocycles. The zero-order valence-corrected chi connectivity index (χ0v) is 14.5. The summed E-state index contributed by atoms with van der Waals surface area (Å²) < 4.78 is 5.05. The first kappa shape index (κ1) is 16.2. The van der Waals surface area contributed by atoms with Gasteiger partial charge in [-0.25, -0.2) is 0 Å². The predicted octanol–water partition coefficient (Wildman–Crippen LogP) is 2.71. The summed E-state index contributed by atoms with van der Waals surface area (Å²) in [5.41, 5.74) is 1.97. The van der Waals surface area contributed by atoms with Gasteiger partial charge < -0.3 is 14.2 Å². The molecular weight excluding hydrogens is 314 g/mol. The highest BCUT2D eigenvalue weighted by Crippen LogP contribution is 2.23. The lowest BCUT2D eigenvalue weighted by Gasteiger charge is -2.28. The molecule has 2 fully saturated rings. The first-order valence-corrected chi connectivity index (χ1v) is 9.17. The van der Waals surface area contributed by atoms with Gasteiger partial charge in [0.15, 0.2) is 0 Å². The molecule has 5 heteroatoms. The van der Waals surface area contributed by atoms with Gasteiger partial charge in [0.25, 0.3) is 5.91 Å². The van der Waals surface area contributed by atoms with Crippen molar-refractivity contribution in [2.24, 2.45) is 0 Å². The van der Waals surface area contributed by atoms with Crippen LogP contribution in [-0.2, 0) is 0 Å². The molecule has 0 spiro atoms. The van der Waals surface area contributed by atoms with Crippen LogP contribution in [0.3, 0.4) is 0 Å². The quantitative estimate of drug-likeness (QED) is 0.862. The van der Waals surface area contributed by atoms with Gasteiger partial charge in [-0.05, 0) is 31.0 Å². The van der Waals surface area contributed by atoms with Crippen molar-refractivity contribution in [3.63, 3.8) is 0 Å². The number of hydrogen-bond donors (Lipinski definition) is 0. The van der Waals surface area contributed by atoms with E-state index in [-0.39, 0.29) is 5.91 Å². The molecule has 0 N–H and O–H groups in total. The van der Waals surface area contributed by atoms with Crippen molar-refractivity contribution in [3.8, 4) is 0 Å². The number of rotatable bonds is 3. The van der Waals surface area contributed by atoms with Crippen LogP contribution in [0.4, 0.5) is 5.69 Å². The Morgan fingerprint density at radius 2 is 1.88 bits per heavy atom. The Morgan fingerprint density at radius 1 is 1.00 bits per heavy atom. The standard InChI is InChI=1S/C20H25N3O2/c24-20(17-8-14-25-16-17)22-10-4-9-21(12-13-22)19-7-11-23(15-19)18-5-2-1-3-6-18/h1-3,5-6,8,14,16,19H,4,7,9-13,15H2. The minimum atomic E-state index is 0.0907. The molecule has 2 saturated heterocycles. The highest BCUT2D eigenvalue weighted by atomic mass is 16.3. The zero-order valence-electron chi connectivity index (χ0n) is 14.5. The van der Waals surface area contributed by atoms with Crippen molar-refractivity contribution in [3.05, 3.63) is 54.5 Å². The monoisotopic (exact) mass is 339 g/mol. The van der Waals surface area contributed by atoms with Gasteiger partial charge in [-0.3, -0.25) is 9.69 Å². The van der Waals surface area contributed by atoms with Crippen LogP contribution in [0.15, 0.2) is 53.3 Å². The lowest BCUT2D eigenvalue weighted by molar-refractivity contribution is 0.0758. The first-order chi connectivity index (χ1) is 12.3. The van der Waals surface area contributed by atoms with E-state index in [1.807, 2.05) is 4.90 Å². The molecule has 0 bridgehead atoms. The summed E-state index contributed by atoms with van der Waals surface area (Å²) >= 11 is 0. The number of nitrogens with zero attached hydrogens (tertiary/aromatic N) is 3. The van der Waals surface area contributed by atoms with Crippen molar-refractivity contribution in [1.29, 1.82) is 0 Å². The van der Waals surface area contributed by atoms with Crippen molar-refractivity contribution in [2.45, 2.75) is 18.9 Å². The lowest BCUT2D eigenvalue weighted by atomic mass is 10.2. The number of amides is 1. The summed E-state index contributed by atoms with van der Waals surface area (Å²) in [5, 5.41) is 0. The third kappa shape index (κ3) is 3.56. The number of carbonyl (C=O) groups excluding carboxylic acids is 1. The Morgan fingerprint density at radius 3 is 2.68 bits per heavy atom. The van der Waals surface area contributed by atoms with Crippen molar-refractivity contribution >= 4 is 11.6 Å². The van der Waals surface area contributed by atoms with Crippen molar-refractivity contribution < 1.29 is 9.21 Å². The van der Waals surface area contributed by atoms with Crippen LogP contribution in [-0.4, -0.2) is 61.0 Å². The normalized spacial score (nSPS) is 22.2. The molecule has 4 rings (SSSR count). The summed E-state index contributed by atoms with van der Waals surface area (Å²) in [4.78, 5) is 19.5. The van der Waals surface area contributed by atoms with E-state index >= 15 is 0 Å². The average Bonchev–Trinajstić information content (AvgIpc) is 3.30. The minimum Gasteiger partial charge on any atom is -0.472 e. The van der Waals surface area contributed by atoms with Crippen LogP contribution in [0.5, 0.6) is 0 Å². The summed E-state index contributed by atoms with van der Waals surface area (Å²) in [6, 6.07) is 13.0. The van der Waals surface area contributed by atoms with E-state index in [0.717, 1.165) is 45.7 Å². The van der Waals surface area contributed by atoms with E-state index in [2.05, 4.69) is 40.1 Å². The number of furan rings is 1. The summed E-state index contributed by atoms with van der Waals surface area (Å²) in [5.74, 6) is 0.0907. The summed E-state index contributed by atoms with van der Waals surface area (Å²) in [7, 11) is 0. The smallest absolute Gasteiger partial charge is 0.257 e. The van der Waals surface area contributed by atoms with Crippen LogP contribution in [0, 0.1) is 0 Å². The second kappa shape index (κ2) is 7.31. The molecule has 0 radical (unpaired) electrons. The topological polar surface area (TPSA) is 39.9 Å². The van der Waals surface area contributed by atoms with E-state index in [4.69, 9.17) is 4.42 Å². The molecule has 1 aromatic heterocycles. The Labute approximate surface area is 148 Å². The van der Waals surface area contributed by atoms with Crippen LogP contribution in [0.25, 0.3) is 0 Å². The summed E-state index contributed by atoms with van der Waals surface area (Å²) in [6.45, 7) is 5.85. The second-order valence-electron chi connectivity index (χ2n) is 6.92. The van der Waals surface area contributed by atoms with Gasteiger partial charge in [0.05, 0.1) is 11.8 Å². The minimum absolute atomic E-state index is 0.0907. The number of benzene rings is 1. The van der Waals surface area contributed by atoms with Gasteiger partial charge in [-0.2, -0.15) is 0 Å².